The molecule has 7 nitrogen and oxygen atoms in total. The molecule has 0 aliphatic carbocycles. The third-order valence-corrected chi connectivity index (χ3v) is 5.04. The molecule has 1 heterocycles. The van der Waals surface area contributed by atoms with E-state index in [2.05, 4.69) is 20.4 Å². The Bertz CT molecular complexity index is 715. The average Bonchev–Trinajstić information content (AvgIpc) is 2.85. The monoisotopic (exact) mass is 416 g/mol. The number of Topliss-reactive ketones (excluding diaryl/α,β-unsaturated/α-hetero) is 1. The molecule has 1 atom stereocenters. The molecule has 0 radical (unpaired) electrons. The van der Waals surface area contributed by atoms with E-state index >= 15 is 0 Å². The number of benzene rings is 1. The average molecular weight is 417 g/mol. The van der Waals surface area contributed by atoms with Gasteiger partial charge in [-0.05, 0) is 59.2 Å². The van der Waals surface area contributed by atoms with Gasteiger partial charge in [0.05, 0.1) is 19.1 Å². The fourth-order valence-corrected chi connectivity index (χ4v) is 3.59. The number of amides is 2. The summed E-state index contributed by atoms with van der Waals surface area (Å²) in [5.41, 5.74) is 0.789. The molecule has 1 aromatic carbocycles. The Kier molecular flexibility index (Phi) is 8.99. The first-order valence-electron chi connectivity index (χ1n) is 10.7. The Morgan fingerprint density at radius 2 is 1.50 bits per heavy atom. The zero-order chi connectivity index (χ0) is 22.1. The molecule has 1 aliphatic heterocycles. The van der Waals surface area contributed by atoms with Crippen molar-refractivity contribution in [1.29, 1.82) is 0 Å². The molecule has 30 heavy (non-hydrogen) atoms. The van der Waals surface area contributed by atoms with Crippen molar-refractivity contribution in [2.24, 2.45) is 0 Å². The number of hydrogen-bond donors (Lipinski definition) is 2. The third kappa shape index (κ3) is 9.05. The predicted octanol–water partition coefficient (Wildman–Crippen LogP) is 1.23. The number of nitrogens with one attached hydrogen (secondary N) is 2. The van der Waals surface area contributed by atoms with Gasteiger partial charge in [-0.3, -0.25) is 24.2 Å². The molecule has 2 rings (SSSR count). The zero-order valence-electron chi connectivity index (χ0n) is 18.7. The summed E-state index contributed by atoms with van der Waals surface area (Å²) in [4.78, 5) is 41.0. The number of hydrogen-bond acceptors (Lipinski definition) is 5. The fourth-order valence-electron chi connectivity index (χ4n) is 3.59. The second kappa shape index (κ2) is 11.2. The van der Waals surface area contributed by atoms with E-state index in [0.29, 0.717) is 13.0 Å². The van der Waals surface area contributed by atoms with Gasteiger partial charge in [0.2, 0.25) is 11.8 Å². The van der Waals surface area contributed by atoms with Crippen molar-refractivity contribution < 1.29 is 14.4 Å². The first-order valence-corrected chi connectivity index (χ1v) is 10.7. The van der Waals surface area contributed by atoms with E-state index in [1.165, 1.54) is 6.92 Å². The van der Waals surface area contributed by atoms with Crippen molar-refractivity contribution >= 4 is 17.6 Å². The predicted molar refractivity (Wildman–Crippen MR) is 118 cm³/mol. The van der Waals surface area contributed by atoms with Gasteiger partial charge in [0.1, 0.15) is 0 Å². The van der Waals surface area contributed by atoms with Crippen LogP contribution in [0.5, 0.6) is 0 Å². The normalized spacial score (nSPS) is 17.1. The second-order valence-electron chi connectivity index (χ2n) is 9.12. The standard InChI is InChI=1S/C23H36N4O3/c1-18(28)20(15-19-9-6-5-7-10-19)24-21(29)16-26-11-8-12-27(14-13-26)17-22(30)25-23(2,3)4/h5-7,9-10,20H,8,11-17H2,1-4H3,(H,24,29)(H,25,30)/t20-/m1/s1. The lowest BCUT2D eigenvalue weighted by atomic mass is 10.0. The van der Waals surface area contributed by atoms with Crippen LogP contribution in [0.15, 0.2) is 30.3 Å². The number of nitrogens with zero attached hydrogens (tertiary/aromatic N) is 2. The topological polar surface area (TPSA) is 81.8 Å². The van der Waals surface area contributed by atoms with Gasteiger partial charge < -0.3 is 10.6 Å². The molecule has 0 saturated carbocycles. The summed E-state index contributed by atoms with van der Waals surface area (Å²) < 4.78 is 0. The molecular weight excluding hydrogens is 380 g/mol. The largest absolute Gasteiger partial charge is 0.350 e. The first kappa shape index (κ1) is 24.0. The summed E-state index contributed by atoms with van der Waals surface area (Å²) in [5, 5.41) is 5.89. The molecule has 1 fully saturated rings. The van der Waals surface area contributed by atoms with Crippen LogP contribution >= 0.6 is 0 Å². The van der Waals surface area contributed by atoms with Crippen LogP contribution < -0.4 is 10.6 Å². The van der Waals surface area contributed by atoms with Crippen molar-refractivity contribution in [1.82, 2.24) is 20.4 Å². The molecular formula is C23H36N4O3. The number of carbonyl (C=O) groups is 3. The Hall–Kier alpha value is -2.25. The van der Waals surface area contributed by atoms with E-state index in [1.54, 1.807) is 0 Å². The minimum absolute atomic E-state index is 0.0268. The van der Waals surface area contributed by atoms with Crippen molar-refractivity contribution in [3.63, 3.8) is 0 Å². The van der Waals surface area contributed by atoms with Gasteiger partial charge >= 0.3 is 0 Å². The van der Waals surface area contributed by atoms with E-state index in [0.717, 1.165) is 38.2 Å². The number of ketones is 1. The maximum absolute atomic E-state index is 12.6. The van der Waals surface area contributed by atoms with E-state index in [9.17, 15) is 14.4 Å². The van der Waals surface area contributed by atoms with Crippen molar-refractivity contribution in [2.45, 2.75) is 52.1 Å². The molecule has 1 aromatic rings. The van der Waals surface area contributed by atoms with Crippen LogP contribution in [0.2, 0.25) is 0 Å². The summed E-state index contributed by atoms with van der Waals surface area (Å²) in [5.74, 6) is -0.150. The van der Waals surface area contributed by atoms with Crippen LogP contribution in [0.25, 0.3) is 0 Å². The molecule has 0 spiro atoms. The smallest absolute Gasteiger partial charge is 0.234 e. The van der Waals surface area contributed by atoms with E-state index < -0.39 is 6.04 Å². The Morgan fingerprint density at radius 1 is 0.933 bits per heavy atom. The van der Waals surface area contributed by atoms with Crippen LogP contribution in [0.1, 0.15) is 39.7 Å². The second-order valence-corrected chi connectivity index (χ2v) is 9.12. The van der Waals surface area contributed by atoms with E-state index in [4.69, 9.17) is 0 Å². The summed E-state index contributed by atoms with van der Waals surface area (Å²) >= 11 is 0. The molecule has 0 bridgehead atoms. The van der Waals surface area contributed by atoms with Crippen molar-refractivity contribution in [3.05, 3.63) is 35.9 Å². The molecule has 166 valence electrons. The van der Waals surface area contributed by atoms with Crippen LogP contribution in [-0.2, 0) is 20.8 Å². The van der Waals surface area contributed by atoms with E-state index in [1.807, 2.05) is 51.1 Å². The van der Waals surface area contributed by atoms with Crippen LogP contribution in [0.4, 0.5) is 0 Å². The van der Waals surface area contributed by atoms with Crippen LogP contribution in [-0.4, -0.2) is 78.2 Å². The van der Waals surface area contributed by atoms with Gasteiger partial charge in [-0.15, -0.1) is 0 Å². The van der Waals surface area contributed by atoms with Crippen LogP contribution in [0.3, 0.4) is 0 Å². The lowest BCUT2D eigenvalue weighted by Crippen LogP contribution is -2.47. The molecule has 2 N–H and O–H groups in total. The van der Waals surface area contributed by atoms with Gasteiger partial charge in [0.15, 0.2) is 5.78 Å². The molecule has 1 saturated heterocycles. The molecule has 0 aromatic heterocycles. The summed E-state index contributed by atoms with van der Waals surface area (Å²) in [6.45, 7) is 11.2. The van der Waals surface area contributed by atoms with Gasteiger partial charge in [-0.1, -0.05) is 30.3 Å². The number of rotatable bonds is 8. The third-order valence-electron chi connectivity index (χ3n) is 5.04. The van der Waals surface area contributed by atoms with Gasteiger partial charge in [-0.2, -0.15) is 0 Å². The molecule has 1 aliphatic rings. The highest BCUT2D eigenvalue weighted by Crippen LogP contribution is 2.06. The molecule has 2 amide bonds. The number of carbonyl (C=O) groups excluding carboxylic acids is 3. The summed E-state index contributed by atoms with van der Waals surface area (Å²) in [6.07, 6.45) is 1.40. The maximum atomic E-state index is 12.6. The Morgan fingerprint density at radius 3 is 2.03 bits per heavy atom. The van der Waals surface area contributed by atoms with Crippen molar-refractivity contribution in [3.8, 4) is 0 Å². The Labute approximate surface area is 180 Å². The minimum Gasteiger partial charge on any atom is -0.350 e. The highest BCUT2D eigenvalue weighted by atomic mass is 16.2. The van der Waals surface area contributed by atoms with Gasteiger partial charge in [0.25, 0.3) is 0 Å². The maximum Gasteiger partial charge on any atom is 0.234 e. The fraction of sp³-hybridized carbons (Fsp3) is 0.609. The van der Waals surface area contributed by atoms with Crippen molar-refractivity contribution in [2.75, 3.05) is 39.3 Å². The van der Waals surface area contributed by atoms with Gasteiger partial charge in [0, 0.05) is 18.6 Å². The van der Waals surface area contributed by atoms with Crippen LogP contribution in [0, 0.1) is 0 Å². The zero-order valence-corrected chi connectivity index (χ0v) is 18.7. The quantitative estimate of drug-likeness (QED) is 0.666. The minimum atomic E-state index is -0.510. The SMILES string of the molecule is CC(=O)[C@@H](Cc1ccccc1)NC(=O)CN1CCCN(CC(=O)NC(C)(C)C)CC1. The highest BCUT2D eigenvalue weighted by Gasteiger charge is 2.22. The molecule has 0 unspecified atom stereocenters. The lowest BCUT2D eigenvalue weighted by molar-refractivity contribution is -0.127. The highest BCUT2D eigenvalue weighted by molar-refractivity contribution is 5.88. The Balaban J connectivity index is 1.80. The summed E-state index contributed by atoms with van der Waals surface area (Å²) in [6, 6.07) is 9.20. The van der Waals surface area contributed by atoms with E-state index in [-0.39, 0.29) is 29.7 Å². The lowest BCUT2D eigenvalue weighted by Gasteiger charge is -2.25. The van der Waals surface area contributed by atoms with Gasteiger partial charge in [-0.25, -0.2) is 0 Å². The molecule has 7 heteroatoms. The first-order chi connectivity index (χ1) is 14.1. The summed E-state index contributed by atoms with van der Waals surface area (Å²) in [7, 11) is 0.